The van der Waals surface area contributed by atoms with Crippen LogP contribution in [0.5, 0.6) is 46.0 Å². The van der Waals surface area contributed by atoms with Crippen LogP contribution in [0.25, 0.3) is 87.6 Å². The molecule has 8 N–H and O–H groups in total. The van der Waals surface area contributed by atoms with Crippen molar-refractivity contribution in [1.29, 1.82) is 0 Å². The second-order valence-corrected chi connectivity index (χ2v) is 14.4. The number of rotatable bonds is 2. The van der Waals surface area contributed by atoms with E-state index in [9.17, 15) is 40.9 Å². The van der Waals surface area contributed by atoms with Gasteiger partial charge in [0.05, 0.1) is 0 Å². The molecule has 10 rings (SSSR count). The highest BCUT2D eigenvalue weighted by Crippen LogP contribution is 2.63. The zero-order valence-corrected chi connectivity index (χ0v) is 28.7. The fourth-order valence-corrected chi connectivity index (χ4v) is 8.76. The van der Waals surface area contributed by atoms with Gasteiger partial charge < -0.3 is 45.3 Å². The van der Waals surface area contributed by atoms with Crippen LogP contribution in [0.15, 0.2) is 101 Å². The molecule has 9 heteroatoms. The highest BCUT2D eigenvalue weighted by atomic mass is 16.4. The first-order chi connectivity index (χ1) is 25.9. The fourth-order valence-electron chi connectivity index (χ4n) is 8.76. The first kappa shape index (κ1) is 31.5. The number of benzene rings is 8. The summed E-state index contributed by atoms with van der Waals surface area (Å²) < 4.78 is 6.22. The second-order valence-electron chi connectivity index (χ2n) is 14.4. The van der Waals surface area contributed by atoms with Gasteiger partial charge in [0.1, 0.15) is 11.2 Å². The Morgan fingerprint density at radius 1 is 0.407 bits per heavy atom. The lowest BCUT2D eigenvalue weighted by atomic mass is 9.80. The monoisotopic (exact) mass is 714 g/mol. The van der Waals surface area contributed by atoms with Crippen LogP contribution in [0.1, 0.15) is 25.0 Å². The minimum atomic E-state index is -1.02. The standard InChI is InChI=1S/C45H30O9/c1-45(2)26-12-6-5-10-22(26)31-23(11-7-13-27(31)45)32-35-33(37(46)41(50)43(52)39(35)48)30(34-36(32)40(49)44(53)42(51)38(34)47)21-14-15-28-24(17-21)25-16-19-8-3-4-9-20(19)18-29(25)54-28/h3-18,46-53H,1-2H3. The maximum atomic E-state index is 11.9. The highest BCUT2D eigenvalue weighted by molar-refractivity contribution is 6.30. The Labute approximate surface area is 305 Å². The predicted octanol–water partition coefficient (Wildman–Crippen LogP) is 10.3. The van der Waals surface area contributed by atoms with Gasteiger partial charge in [0, 0.05) is 48.9 Å². The molecule has 0 radical (unpaired) electrons. The summed E-state index contributed by atoms with van der Waals surface area (Å²) in [5, 5.41) is 94.2. The van der Waals surface area contributed by atoms with Crippen LogP contribution in [0, 0.1) is 0 Å². The van der Waals surface area contributed by atoms with Crippen molar-refractivity contribution in [3.05, 3.63) is 108 Å². The molecule has 0 saturated heterocycles. The summed E-state index contributed by atoms with van der Waals surface area (Å²) in [5.74, 6) is -7.40. The number of aromatic hydroxyl groups is 8. The van der Waals surface area contributed by atoms with E-state index in [2.05, 4.69) is 13.8 Å². The lowest BCUT2D eigenvalue weighted by Crippen LogP contribution is -2.14. The van der Waals surface area contributed by atoms with Gasteiger partial charge in [-0.15, -0.1) is 0 Å². The Morgan fingerprint density at radius 3 is 1.54 bits per heavy atom. The minimum absolute atomic E-state index is 0.0145. The molecule has 0 unspecified atom stereocenters. The molecule has 0 bridgehead atoms. The third-order valence-corrected chi connectivity index (χ3v) is 11.3. The van der Waals surface area contributed by atoms with Crippen LogP contribution in [-0.2, 0) is 5.41 Å². The molecule has 9 aromatic rings. The van der Waals surface area contributed by atoms with Crippen molar-refractivity contribution < 1.29 is 45.3 Å². The topological polar surface area (TPSA) is 175 Å². The predicted molar refractivity (Wildman–Crippen MR) is 208 cm³/mol. The SMILES string of the molecule is CC1(C)c2ccccc2-c2c(-c3c4c(O)c(O)c(O)c(O)c4c(-c4ccc5oc6cc7ccccc7cc6c5c4)c4c(O)c(O)c(O)c(O)c34)cccc21. The van der Waals surface area contributed by atoms with E-state index in [0.717, 1.165) is 32.8 Å². The zero-order chi connectivity index (χ0) is 37.5. The molecule has 54 heavy (non-hydrogen) atoms. The summed E-state index contributed by atoms with van der Waals surface area (Å²) in [6.45, 7) is 4.14. The van der Waals surface area contributed by atoms with Gasteiger partial charge in [-0.25, -0.2) is 0 Å². The van der Waals surface area contributed by atoms with E-state index in [1.54, 1.807) is 30.3 Å². The summed E-state index contributed by atoms with van der Waals surface area (Å²) in [4.78, 5) is 0. The first-order valence-corrected chi connectivity index (χ1v) is 17.2. The Balaban J connectivity index is 1.44. The highest BCUT2D eigenvalue weighted by Gasteiger charge is 2.39. The number of fused-ring (bicyclic) bond motifs is 9. The summed E-state index contributed by atoms with van der Waals surface area (Å²) in [5.41, 5.74) is 4.82. The molecule has 0 saturated carbocycles. The van der Waals surface area contributed by atoms with Gasteiger partial charge >= 0.3 is 0 Å². The van der Waals surface area contributed by atoms with E-state index >= 15 is 0 Å². The quantitative estimate of drug-likeness (QED) is 0.0492. The summed E-state index contributed by atoms with van der Waals surface area (Å²) in [7, 11) is 0. The lowest BCUT2D eigenvalue weighted by molar-refractivity contribution is 0.350. The van der Waals surface area contributed by atoms with Crippen molar-refractivity contribution >= 4 is 54.3 Å². The average molecular weight is 715 g/mol. The molecule has 0 fully saturated rings. The number of phenols is 8. The summed E-state index contributed by atoms with van der Waals surface area (Å²) in [6, 6.07) is 30.1. The van der Waals surface area contributed by atoms with Gasteiger partial charge in [0.15, 0.2) is 23.0 Å². The Morgan fingerprint density at radius 2 is 0.907 bits per heavy atom. The molecule has 264 valence electrons. The Bertz CT molecular complexity index is 3090. The maximum absolute atomic E-state index is 11.9. The number of furan rings is 1. The molecule has 8 aromatic carbocycles. The third-order valence-electron chi connectivity index (χ3n) is 11.3. The molecule has 9 nitrogen and oxygen atoms in total. The van der Waals surface area contributed by atoms with E-state index in [4.69, 9.17) is 4.42 Å². The minimum Gasteiger partial charge on any atom is -0.504 e. The van der Waals surface area contributed by atoms with Crippen LogP contribution < -0.4 is 0 Å². The molecule has 0 atom stereocenters. The van der Waals surface area contributed by atoms with E-state index < -0.39 is 51.4 Å². The van der Waals surface area contributed by atoms with Crippen LogP contribution in [0.2, 0.25) is 0 Å². The normalized spacial score (nSPS) is 13.4. The largest absolute Gasteiger partial charge is 0.504 e. The Hall–Kier alpha value is -7.26. The zero-order valence-electron chi connectivity index (χ0n) is 28.7. The smallest absolute Gasteiger partial charge is 0.204 e. The molecule has 1 aliphatic rings. The lowest BCUT2D eigenvalue weighted by Gasteiger charge is -2.24. The first-order valence-electron chi connectivity index (χ1n) is 17.2. The van der Waals surface area contributed by atoms with Crippen LogP contribution in [-0.4, -0.2) is 40.9 Å². The van der Waals surface area contributed by atoms with Crippen LogP contribution >= 0.6 is 0 Å². The van der Waals surface area contributed by atoms with Gasteiger partial charge in [0.25, 0.3) is 0 Å². The van der Waals surface area contributed by atoms with Crippen molar-refractivity contribution in [1.82, 2.24) is 0 Å². The molecule has 0 spiro atoms. The van der Waals surface area contributed by atoms with Gasteiger partial charge in [-0.2, -0.15) is 0 Å². The van der Waals surface area contributed by atoms with Gasteiger partial charge in [-0.1, -0.05) is 86.6 Å². The van der Waals surface area contributed by atoms with Crippen LogP contribution in [0.4, 0.5) is 0 Å². The molecule has 1 aliphatic carbocycles. The van der Waals surface area contributed by atoms with Gasteiger partial charge in [-0.3, -0.25) is 0 Å². The van der Waals surface area contributed by atoms with E-state index in [1.807, 2.05) is 66.7 Å². The molecule has 1 aromatic heterocycles. The number of phenolic OH excluding ortho intramolecular Hbond substituents is 8. The van der Waals surface area contributed by atoms with Crippen molar-refractivity contribution in [2.45, 2.75) is 19.3 Å². The fraction of sp³-hybridized carbons (Fsp3) is 0.0667. The van der Waals surface area contributed by atoms with Gasteiger partial charge in [-0.05, 0) is 68.4 Å². The summed E-state index contributed by atoms with van der Waals surface area (Å²) >= 11 is 0. The molecule has 0 amide bonds. The molecular weight excluding hydrogens is 684 g/mol. The number of hydrogen-bond acceptors (Lipinski definition) is 9. The maximum Gasteiger partial charge on any atom is 0.204 e. The van der Waals surface area contributed by atoms with Crippen molar-refractivity contribution in [3.63, 3.8) is 0 Å². The molecular formula is C45H30O9. The number of hydrogen-bond donors (Lipinski definition) is 8. The molecule has 0 aliphatic heterocycles. The van der Waals surface area contributed by atoms with Gasteiger partial charge in [0.2, 0.25) is 23.0 Å². The second kappa shape index (κ2) is 10.4. The van der Waals surface area contributed by atoms with Crippen molar-refractivity contribution in [2.24, 2.45) is 0 Å². The third kappa shape index (κ3) is 3.82. The van der Waals surface area contributed by atoms with Crippen molar-refractivity contribution in [3.8, 4) is 79.4 Å². The van der Waals surface area contributed by atoms with E-state index in [0.29, 0.717) is 33.2 Å². The van der Waals surface area contributed by atoms with E-state index in [1.165, 1.54) is 0 Å². The average Bonchev–Trinajstić information content (AvgIpc) is 3.65. The van der Waals surface area contributed by atoms with Crippen LogP contribution in [0.3, 0.4) is 0 Å². The summed E-state index contributed by atoms with van der Waals surface area (Å²) in [6.07, 6.45) is 0. The van der Waals surface area contributed by atoms with E-state index in [-0.39, 0.29) is 32.7 Å². The van der Waals surface area contributed by atoms with Crippen molar-refractivity contribution in [2.75, 3.05) is 0 Å². The molecule has 1 heterocycles. The Kier molecular flexibility index (Phi) is 6.07.